The summed E-state index contributed by atoms with van der Waals surface area (Å²) in [6.45, 7) is 3.64. The number of ether oxygens (including phenoxy) is 2. The van der Waals surface area contributed by atoms with Gasteiger partial charge in [-0.05, 0) is 25.1 Å². The van der Waals surface area contributed by atoms with Gasteiger partial charge in [0.15, 0.2) is 11.5 Å². The number of hydrogen-bond donors (Lipinski definition) is 1. The van der Waals surface area contributed by atoms with E-state index in [2.05, 4.69) is 17.3 Å². The first-order valence-electron chi connectivity index (χ1n) is 6.25. The molecule has 0 spiro atoms. The molecular formula is C14H19N3O2. The molecule has 0 radical (unpaired) electrons. The summed E-state index contributed by atoms with van der Waals surface area (Å²) in [5, 5.41) is 7.73. The summed E-state index contributed by atoms with van der Waals surface area (Å²) < 4.78 is 12.4. The maximum absolute atomic E-state index is 5.27. The molecule has 0 bridgehead atoms. The van der Waals surface area contributed by atoms with Crippen LogP contribution in [-0.4, -0.2) is 24.0 Å². The van der Waals surface area contributed by atoms with Crippen molar-refractivity contribution in [3.05, 3.63) is 36.2 Å². The SMILES string of the molecule is CCn1ccc(CNc2ccc(OC)c(OC)c2)n1. The second-order valence-electron chi connectivity index (χ2n) is 4.09. The zero-order chi connectivity index (χ0) is 13.7. The number of aryl methyl sites for hydroxylation is 1. The highest BCUT2D eigenvalue weighted by Crippen LogP contribution is 2.29. The number of hydrogen-bond acceptors (Lipinski definition) is 4. The molecule has 0 atom stereocenters. The van der Waals surface area contributed by atoms with E-state index in [1.54, 1.807) is 14.2 Å². The Morgan fingerprint density at radius 1 is 1.16 bits per heavy atom. The second-order valence-corrected chi connectivity index (χ2v) is 4.09. The Hall–Kier alpha value is -2.17. The van der Waals surface area contributed by atoms with Crippen LogP contribution in [0.1, 0.15) is 12.6 Å². The predicted octanol–water partition coefficient (Wildman–Crippen LogP) is 2.53. The molecular weight excluding hydrogens is 242 g/mol. The Labute approximate surface area is 113 Å². The van der Waals surface area contributed by atoms with Crippen molar-refractivity contribution in [3.63, 3.8) is 0 Å². The summed E-state index contributed by atoms with van der Waals surface area (Å²) in [5.41, 5.74) is 1.99. The van der Waals surface area contributed by atoms with Crippen LogP contribution in [0.4, 0.5) is 5.69 Å². The molecule has 0 amide bonds. The van der Waals surface area contributed by atoms with Gasteiger partial charge in [-0.1, -0.05) is 0 Å². The monoisotopic (exact) mass is 261 g/mol. The first-order chi connectivity index (χ1) is 9.26. The van der Waals surface area contributed by atoms with Crippen LogP contribution in [-0.2, 0) is 13.1 Å². The Morgan fingerprint density at radius 2 is 1.95 bits per heavy atom. The number of nitrogens with one attached hydrogen (secondary N) is 1. The standard InChI is InChI=1S/C14H19N3O2/c1-4-17-8-7-12(16-17)10-15-11-5-6-13(18-2)14(9-11)19-3/h5-9,15H,4,10H2,1-3H3. The molecule has 2 rings (SSSR count). The molecule has 19 heavy (non-hydrogen) atoms. The van der Waals surface area contributed by atoms with Gasteiger partial charge >= 0.3 is 0 Å². The summed E-state index contributed by atoms with van der Waals surface area (Å²) >= 11 is 0. The zero-order valence-corrected chi connectivity index (χ0v) is 11.5. The van der Waals surface area contributed by atoms with Crippen molar-refractivity contribution in [2.75, 3.05) is 19.5 Å². The highest BCUT2D eigenvalue weighted by atomic mass is 16.5. The van der Waals surface area contributed by atoms with Gasteiger partial charge < -0.3 is 14.8 Å². The van der Waals surface area contributed by atoms with Crippen molar-refractivity contribution >= 4 is 5.69 Å². The van der Waals surface area contributed by atoms with Crippen molar-refractivity contribution in [2.45, 2.75) is 20.0 Å². The Bertz CT molecular complexity index is 537. The van der Waals surface area contributed by atoms with Crippen LogP contribution < -0.4 is 14.8 Å². The quantitative estimate of drug-likeness (QED) is 0.868. The molecule has 0 unspecified atom stereocenters. The summed E-state index contributed by atoms with van der Waals surface area (Å²) in [7, 11) is 3.26. The maximum atomic E-state index is 5.27. The molecule has 5 nitrogen and oxygen atoms in total. The average molecular weight is 261 g/mol. The fourth-order valence-corrected chi connectivity index (χ4v) is 1.81. The molecule has 0 saturated heterocycles. The van der Waals surface area contributed by atoms with Gasteiger partial charge in [0.25, 0.3) is 0 Å². The van der Waals surface area contributed by atoms with E-state index in [4.69, 9.17) is 9.47 Å². The lowest BCUT2D eigenvalue weighted by Gasteiger charge is -2.10. The van der Waals surface area contributed by atoms with E-state index in [0.29, 0.717) is 12.3 Å². The van der Waals surface area contributed by atoms with Crippen LogP contribution in [0.15, 0.2) is 30.5 Å². The number of benzene rings is 1. The summed E-state index contributed by atoms with van der Waals surface area (Å²) in [4.78, 5) is 0. The molecule has 0 saturated carbocycles. The van der Waals surface area contributed by atoms with E-state index in [1.165, 1.54) is 0 Å². The van der Waals surface area contributed by atoms with Crippen LogP contribution in [0.5, 0.6) is 11.5 Å². The van der Waals surface area contributed by atoms with Gasteiger partial charge in [-0.25, -0.2) is 0 Å². The lowest BCUT2D eigenvalue weighted by Crippen LogP contribution is -2.02. The minimum atomic E-state index is 0.683. The van der Waals surface area contributed by atoms with Crippen molar-refractivity contribution in [2.24, 2.45) is 0 Å². The van der Waals surface area contributed by atoms with Crippen LogP contribution in [0.3, 0.4) is 0 Å². The van der Waals surface area contributed by atoms with Gasteiger partial charge in [0.05, 0.1) is 26.5 Å². The molecule has 1 heterocycles. The number of aromatic nitrogens is 2. The minimum Gasteiger partial charge on any atom is -0.493 e. The molecule has 0 aliphatic heterocycles. The van der Waals surface area contributed by atoms with Crippen LogP contribution in [0.25, 0.3) is 0 Å². The third kappa shape index (κ3) is 3.19. The number of methoxy groups -OCH3 is 2. The highest BCUT2D eigenvalue weighted by Gasteiger charge is 2.04. The predicted molar refractivity (Wildman–Crippen MR) is 74.8 cm³/mol. The smallest absolute Gasteiger partial charge is 0.162 e. The van der Waals surface area contributed by atoms with Gasteiger partial charge in [0, 0.05) is 24.5 Å². The number of rotatable bonds is 6. The first-order valence-corrected chi connectivity index (χ1v) is 6.25. The molecule has 102 valence electrons. The maximum Gasteiger partial charge on any atom is 0.162 e. The fraction of sp³-hybridized carbons (Fsp3) is 0.357. The molecule has 2 aromatic rings. The van der Waals surface area contributed by atoms with Gasteiger partial charge in [-0.15, -0.1) is 0 Å². The third-order valence-electron chi connectivity index (χ3n) is 2.88. The second kappa shape index (κ2) is 6.13. The fourth-order valence-electron chi connectivity index (χ4n) is 1.81. The van der Waals surface area contributed by atoms with E-state index in [-0.39, 0.29) is 0 Å². The molecule has 1 N–H and O–H groups in total. The van der Waals surface area contributed by atoms with Crippen LogP contribution in [0, 0.1) is 0 Å². The largest absolute Gasteiger partial charge is 0.493 e. The van der Waals surface area contributed by atoms with Gasteiger partial charge in [-0.3, -0.25) is 4.68 Å². The lowest BCUT2D eigenvalue weighted by molar-refractivity contribution is 0.355. The molecule has 5 heteroatoms. The van der Waals surface area contributed by atoms with Crippen LogP contribution in [0.2, 0.25) is 0 Å². The van der Waals surface area contributed by atoms with E-state index in [1.807, 2.05) is 35.1 Å². The van der Waals surface area contributed by atoms with Crippen molar-refractivity contribution < 1.29 is 9.47 Å². The molecule has 1 aromatic carbocycles. The molecule has 1 aromatic heterocycles. The highest BCUT2D eigenvalue weighted by molar-refractivity contribution is 5.54. The topological polar surface area (TPSA) is 48.3 Å². The Kier molecular flexibility index (Phi) is 4.28. The van der Waals surface area contributed by atoms with E-state index in [0.717, 1.165) is 23.7 Å². The third-order valence-corrected chi connectivity index (χ3v) is 2.88. The van der Waals surface area contributed by atoms with E-state index < -0.39 is 0 Å². The van der Waals surface area contributed by atoms with E-state index in [9.17, 15) is 0 Å². The van der Waals surface area contributed by atoms with Crippen LogP contribution >= 0.6 is 0 Å². The lowest BCUT2D eigenvalue weighted by atomic mass is 10.2. The normalized spacial score (nSPS) is 10.3. The summed E-state index contributed by atoms with van der Waals surface area (Å²) in [6.07, 6.45) is 1.98. The molecule has 0 aliphatic rings. The number of anilines is 1. The van der Waals surface area contributed by atoms with Crippen molar-refractivity contribution in [1.82, 2.24) is 9.78 Å². The summed E-state index contributed by atoms with van der Waals surface area (Å²) in [6, 6.07) is 7.76. The Balaban J connectivity index is 2.03. The minimum absolute atomic E-state index is 0.683. The average Bonchev–Trinajstić information content (AvgIpc) is 2.92. The molecule has 0 aliphatic carbocycles. The zero-order valence-electron chi connectivity index (χ0n) is 11.5. The van der Waals surface area contributed by atoms with Gasteiger partial charge in [0.1, 0.15) is 0 Å². The first kappa shape index (κ1) is 13.3. The van der Waals surface area contributed by atoms with Crippen molar-refractivity contribution in [1.29, 1.82) is 0 Å². The Morgan fingerprint density at radius 3 is 2.58 bits per heavy atom. The van der Waals surface area contributed by atoms with E-state index >= 15 is 0 Å². The number of nitrogens with zero attached hydrogens (tertiary/aromatic N) is 2. The molecule has 0 fully saturated rings. The summed E-state index contributed by atoms with van der Waals surface area (Å²) in [5.74, 6) is 1.44. The van der Waals surface area contributed by atoms with Gasteiger partial charge in [0.2, 0.25) is 0 Å². The van der Waals surface area contributed by atoms with Gasteiger partial charge in [-0.2, -0.15) is 5.10 Å². The van der Waals surface area contributed by atoms with Crippen molar-refractivity contribution in [3.8, 4) is 11.5 Å².